The van der Waals surface area contributed by atoms with Crippen molar-refractivity contribution in [1.29, 1.82) is 0 Å². The number of hydrogen-bond acceptors (Lipinski definition) is 3. The minimum Gasteiger partial charge on any atom is -0.468 e. The average molecular weight is 213 g/mol. The largest absolute Gasteiger partial charge is 0.468 e. The molecule has 0 aliphatic rings. The van der Waals surface area contributed by atoms with Gasteiger partial charge in [-0.15, -0.1) is 0 Å². The van der Waals surface area contributed by atoms with Gasteiger partial charge in [0.2, 0.25) is 0 Å². The second kappa shape index (κ2) is 6.62. The number of allylic oxidation sites excluding steroid dienone is 1. The lowest BCUT2D eigenvalue weighted by Gasteiger charge is -2.21. The fraction of sp³-hybridized carbons (Fsp3) is 0.750. The molecule has 2 N–H and O–H groups in total. The summed E-state index contributed by atoms with van der Waals surface area (Å²) in [6, 6.07) is -0.644. The molecule has 1 atom stereocenters. The summed E-state index contributed by atoms with van der Waals surface area (Å²) in [6.07, 6.45) is 3.76. The molecule has 0 aromatic carbocycles. The van der Waals surface area contributed by atoms with Crippen molar-refractivity contribution in [2.75, 3.05) is 7.11 Å². The van der Waals surface area contributed by atoms with E-state index < -0.39 is 12.0 Å². The van der Waals surface area contributed by atoms with E-state index in [0.717, 1.165) is 0 Å². The Kier molecular flexibility index (Phi) is 6.25. The van der Waals surface area contributed by atoms with E-state index in [2.05, 4.69) is 32.4 Å². The number of carbonyl (C=O) groups excluding carboxylic acids is 1. The molecule has 0 saturated carbocycles. The molecule has 0 spiro atoms. The molecule has 1 unspecified atom stereocenters. The zero-order valence-corrected chi connectivity index (χ0v) is 10.4. The van der Waals surface area contributed by atoms with Gasteiger partial charge >= 0.3 is 5.97 Å². The highest BCUT2D eigenvalue weighted by molar-refractivity contribution is 5.77. The minimum atomic E-state index is -0.644. The van der Waals surface area contributed by atoms with Gasteiger partial charge in [0.1, 0.15) is 6.04 Å². The van der Waals surface area contributed by atoms with Crippen molar-refractivity contribution in [3.8, 4) is 0 Å². The monoisotopic (exact) mass is 213 g/mol. The van der Waals surface area contributed by atoms with Crippen LogP contribution < -0.4 is 5.73 Å². The fourth-order valence-electron chi connectivity index (χ4n) is 1.68. The van der Waals surface area contributed by atoms with Gasteiger partial charge in [-0.2, -0.15) is 0 Å². The highest BCUT2D eigenvalue weighted by Crippen LogP contribution is 2.21. The van der Waals surface area contributed by atoms with Gasteiger partial charge in [0, 0.05) is 0 Å². The standard InChI is InChI=1S/C12H23NO2/c1-8(2)10(9(3)4)6-7-11(13)12(14)15-5/h6-11H,13H2,1-5H3. The molecular formula is C12H23NO2. The van der Waals surface area contributed by atoms with Crippen LogP contribution in [-0.4, -0.2) is 19.1 Å². The molecule has 15 heavy (non-hydrogen) atoms. The second-order valence-corrected chi connectivity index (χ2v) is 4.50. The predicted octanol–water partition coefficient (Wildman–Crippen LogP) is 1.97. The molecule has 0 heterocycles. The van der Waals surface area contributed by atoms with Gasteiger partial charge in [0.15, 0.2) is 0 Å². The van der Waals surface area contributed by atoms with Gasteiger partial charge in [-0.25, -0.2) is 0 Å². The molecular weight excluding hydrogens is 190 g/mol. The molecule has 0 amide bonds. The summed E-state index contributed by atoms with van der Waals surface area (Å²) in [5.41, 5.74) is 5.61. The first-order chi connectivity index (χ1) is 6.90. The Morgan fingerprint density at radius 3 is 1.93 bits per heavy atom. The number of methoxy groups -OCH3 is 1. The molecule has 3 nitrogen and oxygen atoms in total. The smallest absolute Gasteiger partial charge is 0.326 e. The lowest BCUT2D eigenvalue weighted by Crippen LogP contribution is -2.29. The maximum Gasteiger partial charge on any atom is 0.326 e. The van der Waals surface area contributed by atoms with E-state index >= 15 is 0 Å². The summed E-state index contributed by atoms with van der Waals surface area (Å²) in [7, 11) is 1.35. The highest BCUT2D eigenvalue weighted by atomic mass is 16.5. The summed E-state index contributed by atoms with van der Waals surface area (Å²) in [5, 5.41) is 0. The van der Waals surface area contributed by atoms with E-state index in [-0.39, 0.29) is 0 Å². The normalized spacial score (nSPS) is 14.2. The minimum absolute atomic E-state index is 0.391. The molecule has 0 aromatic heterocycles. The Hall–Kier alpha value is -0.830. The van der Waals surface area contributed by atoms with Crippen LogP contribution in [0, 0.1) is 17.8 Å². The Morgan fingerprint density at radius 1 is 1.13 bits per heavy atom. The Bertz CT molecular complexity index is 214. The van der Waals surface area contributed by atoms with Gasteiger partial charge in [0.05, 0.1) is 7.11 Å². The maximum atomic E-state index is 11.1. The Morgan fingerprint density at radius 2 is 1.60 bits per heavy atom. The summed E-state index contributed by atoms with van der Waals surface area (Å²) in [6.45, 7) is 8.66. The third-order valence-corrected chi connectivity index (χ3v) is 2.55. The van der Waals surface area contributed by atoms with Gasteiger partial charge in [-0.05, 0) is 17.8 Å². The molecule has 0 saturated heterocycles. The van der Waals surface area contributed by atoms with E-state index in [9.17, 15) is 4.79 Å². The highest BCUT2D eigenvalue weighted by Gasteiger charge is 2.16. The van der Waals surface area contributed by atoms with Crippen molar-refractivity contribution >= 4 is 5.97 Å². The topological polar surface area (TPSA) is 52.3 Å². The Balaban J connectivity index is 4.40. The average Bonchev–Trinajstić information content (AvgIpc) is 2.15. The van der Waals surface area contributed by atoms with E-state index in [1.54, 1.807) is 6.08 Å². The van der Waals surface area contributed by atoms with Crippen molar-refractivity contribution in [3.05, 3.63) is 12.2 Å². The van der Waals surface area contributed by atoms with Crippen LogP contribution in [0.25, 0.3) is 0 Å². The van der Waals surface area contributed by atoms with Crippen molar-refractivity contribution in [1.82, 2.24) is 0 Å². The molecule has 0 aromatic rings. The maximum absolute atomic E-state index is 11.1. The van der Waals surface area contributed by atoms with Gasteiger partial charge < -0.3 is 10.5 Å². The first-order valence-corrected chi connectivity index (χ1v) is 5.41. The fourth-order valence-corrected chi connectivity index (χ4v) is 1.68. The lowest BCUT2D eigenvalue weighted by atomic mass is 9.85. The first kappa shape index (κ1) is 14.2. The summed E-state index contributed by atoms with van der Waals surface area (Å²) >= 11 is 0. The molecule has 88 valence electrons. The van der Waals surface area contributed by atoms with Crippen LogP contribution in [0.3, 0.4) is 0 Å². The molecule has 0 fully saturated rings. The first-order valence-electron chi connectivity index (χ1n) is 5.41. The summed E-state index contributed by atoms with van der Waals surface area (Å²) in [4.78, 5) is 11.1. The molecule has 0 radical (unpaired) electrons. The van der Waals surface area contributed by atoms with Gasteiger partial charge in [-0.1, -0.05) is 39.8 Å². The van der Waals surface area contributed by atoms with Crippen LogP contribution >= 0.6 is 0 Å². The van der Waals surface area contributed by atoms with Crippen LogP contribution in [-0.2, 0) is 9.53 Å². The second-order valence-electron chi connectivity index (χ2n) is 4.50. The predicted molar refractivity (Wildman–Crippen MR) is 62.3 cm³/mol. The number of ether oxygens (including phenoxy) is 1. The SMILES string of the molecule is COC(=O)C(N)C=CC(C(C)C)C(C)C. The van der Waals surface area contributed by atoms with E-state index in [4.69, 9.17) is 5.73 Å². The van der Waals surface area contributed by atoms with Crippen molar-refractivity contribution < 1.29 is 9.53 Å². The summed E-state index contributed by atoms with van der Waals surface area (Å²) in [5.74, 6) is 1.15. The van der Waals surface area contributed by atoms with Crippen molar-refractivity contribution in [2.45, 2.75) is 33.7 Å². The third-order valence-electron chi connectivity index (χ3n) is 2.55. The lowest BCUT2D eigenvalue weighted by molar-refractivity contribution is -0.140. The molecule has 0 aliphatic heterocycles. The van der Waals surface area contributed by atoms with Gasteiger partial charge in [-0.3, -0.25) is 4.79 Å². The zero-order valence-electron chi connectivity index (χ0n) is 10.4. The Labute approximate surface area is 92.7 Å². The molecule has 0 bridgehead atoms. The quantitative estimate of drug-likeness (QED) is 0.561. The van der Waals surface area contributed by atoms with E-state index in [1.165, 1.54) is 7.11 Å². The van der Waals surface area contributed by atoms with Crippen LogP contribution in [0.15, 0.2) is 12.2 Å². The van der Waals surface area contributed by atoms with Crippen LogP contribution in [0.2, 0.25) is 0 Å². The third kappa shape index (κ3) is 4.98. The van der Waals surface area contributed by atoms with E-state index in [1.807, 2.05) is 6.08 Å². The number of nitrogens with two attached hydrogens (primary N) is 1. The van der Waals surface area contributed by atoms with Crippen LogP contribution in [0.4, 0.5) is 0 Å². The van der Waals surface area contributed by atoms with Crippen LogP contribution in [0.1, 0.15) is 27.7 Å². The number of carbonyl (C=O) groups is 1. The van der Waals surface area contributed by atoms with Crippen molar-refractivity contribution in [3.63, 3.8) is 0 Å². The number of rotatable bonds is 5. The molecule has 0 rings (SSSR count). The van der Waals surface area contributed by atoms with E-state index in [0.29, 0.717) is 17.8 Å². The van der Waals surface area contributed by atoms with Gasteiger partial charge in [0.25, 0.3) is 0 Å². The van der Waals surface area contributed by atoms with Crippen LogP contribution in [0.5, 0.6) is 0 Å². The summed E-state index contributed by atoms with van der Waals surface area (Å²) < 4.78 is 4.55. The number of hydrogen-bond donors (Lipinski definition) is 1. The number of esters is 1. The molecule has 0 aliphatic carbocycles. The zero-order chi connectivity index (χ0) is 12.0. The van der Waals surface area contributed by atoms with Crippen molar-refractivity contribution in [2.24, 2.45) is 23.5 Å². The molecule has 3 heteroatoms.